The lowest BCUT2D eigenvalue weighted by atomic mass is 9.91. The molecule has 0 aliphatic rings. The normalized spacial score (nSPS) is 15.9. The standard InChI is InChI=1S/C11H10F15N2O2/c1-28(2,3)27-30-4(29)5(12,13)6(14,15)7(16,17)8(18,19)9(20,21)10(22,23)11(24,25)26/h27H,1-3H3/q+1. The molecule has 0 atom stereocenters. The second kappa shape index (κ2) is 7.20. The number of nitrogens with one attached hydrogen (secondary N) is 1. The molecule has 0 rings (SSSR count). The fourth-order valence-corrected chi connectivity index (χ4v) is 1.34. The van der Waals surface area contributed by atoms with Gasteiger partial charge in [0.1, 0.15) is 0 Å². The van der Waals surface area contributed by atoms with Crippen LogP contribution >= 0.6 is 0 Å². The van der Waals surface area contributed by atoms with Gasteiger partial charge in [-0.3, -0.25) is 0 Å². The van der Waals surface area contributed by atoms with Crippen LogP contribution in [0.25, 0.3) is 0 Å². The van der Waals surface area contributed by atoms with Gasteiger partial charge in [0.05, 0.1) is 21.1 Å². The molecule has 0 spiro atoms. The highest BCUT2D eigenvalue weighted by Gasteiger charge is 2.94. The van der Waals surface area contributed by atoms with Gasteiger partial charge in [0, 0.05) is 5.59 Å². The lowest BCUT2D eigenvalue weighted by Gasteiger charge is -2.40. The Morgan fingerprint density at radius 3 is 1.20 bits per heavy atom. The molecule has 30 heavy (non-hydrogen) atoms. The van der Waals surface area contributed by atoms with E-state index in [0.29, 0.717) is 0 Å². The third-order valence-corrected chi connectivity index (χ3v) is 3.00. The van der Waals surface area contributed by atoms with E-state index in [0.717, 1.165) is 21.1 Å². The fraction of sp³-hybridized carbons (Fsp3) is 0.909. The molecule has 0 aliphatic heterocycles. The average Bonchev–Trinajstić information content (AvgIpc) is 2.49. The second-order valence-corrected chi connectivity index (χ2v) is 6.44. The monoisotopic (exact) mass is 487 g/mol. The number of quaternary nitrogens is 1. The van der Waals surface area contributed by atoms with Crippen molar-refractivity contribution in [2.24, 2.45) is 0 Å². The first kappa shape index (κ1) is 28.3. The molecule has 1 N–H and O–H groups in total. The molecule has 0 aromatic carbocycles. The predicted octanol–water partition coefficient (Wildman–Crippen LogP) is 4.03. The maximum Gasteiger partial charge on any atom is 0.460 e. The van der Waals surface area contributed by atoms with Gasteiger partial charge < -0.3 is 4.84 Å². The maximum atomic E-state index is 13.4. The number of rotatable bonds is 8. The van der Waals surface area contributed by atoms with Crippen molar-refractivity contribution >= 4 is 5.97 Å². The third-order valence-electron chi connectivity index (χ3n) is 3.00. The molecular weight excluding hydrogens is 477 g/mol. The highest BCUT2D eigenvalue weighted by atomic mass is 19.4. The van der Waals surface area contributed by atoms with Crippen LogP contribution in [0.1, 0.15) is 0 Å². The minimum atomic E-state index is -8.46. The van der Waals surface area contributed by atoms with Gasteiger partial charge in [0.25, 0.3) is 0 Å². The molecule has 0 unspecified atom stereocenters. The molecule has 4 nitrogen and oxygen atoms in total. The van der Waals surface area contributed by atoms with Crippen LogP contribution < -0.4 is 5.59 Å². The Morgan fingerprint density at radius 2 is 0.900 bits per heavy atom. The molecule has 0 aliphatic carbocycles. The molecule has 0 saturated carbocycles. The van der Waals surface area contributed by atoms with Crippen LogP contribution in [0.3, 0.4) is 0 Å². The van der Waals surface area contributed by atoms with Gasteiger partial charge in [-0.05, 0) is 0 Å². The number of hydrogen-bond donors (Lipinski definition) is 1. The van der Waals surface area contributed by atoms with Crippen LogP contribution in [0.15, 0.2) is 0 Å². The number of halogens is 15. The first-order valence-electron chi connectivity index (χ1n) is 6.76. The van der Waals surface area contributed by atoms with Crippen molar-refractivity contribution in [1.29, 1.82) is 0 Å². The van der Waals surface area contributed by atoms with E-state index in [2.05, 4.69) is 4.84 Å². The van der Waals surface area contributed by atoms with Crippen LogP contribution in [0.4, 0.5) is 65.9 Å². The van der Waals surface area contributed by atoms with Gasteiger partial charge in [0.2, 0.25) is 0 Å². The summed E-state index contributed by atoms with van der Waals surface area (Å²) >= 11 is 0. The van der Waals surface area contributed by atoms with Gasteiger partial charge in [-0.1, -0.05) is 0 Å². The van der Waals surface area contributed by atoms with E-state index in [1.165, 1.54) is 5.59 Å². The highest BCUT2D eigenvalue weighted by Crippen LogP contribution is 2.62. The Bertz CT molecular complexity index is 650. The van der Waals surface area contributed by atoms with Crippen LogP contribution in [-0.2, 0) is 9.63 Å². The fourth-order valence-electron chi connectivity index (χ4n) is 1.34. The van der Waals surface area contributed by atoms with E-state index >= 15 is 0 Å². The molecule has 180 valence electrons. The van der Waals surface area contributed by atoms with Gasteiger partial charge in [-0.2, -0.15) is 65.9 Å². The van der Waals surface area contributed by atoms with Gasteiger partial charge in [0.15, 0.2) is 0 Å². The molecule has 0 fully saturated rings. The van der Waals surface area contributed by atoms with Crippen LogP contribution in [0.5, 0.6) is 0 Å². The first-order valence-corrected chi connectivity index (χ1v) is 6.76. The lowest BCUT2D eigenvalue weighted by Crippen LogP contribution is -2.73. The minimum Gasteiger partial charge on any atom is -0.318 e. The number of alkyl halides is 15. The van der Waals surface area contributed by atoms with Crippen molar-refractivity contribution in [1.82, 2.24) is 5.59 Å². The summed E-state index contributed by atoms with van der Waals surface area (Å²) in [4.78, 5) is 14.2. The zero-order valence-electron chi connectivity index (χ0n) is 14.4. The number of carbonyl (C=O) groups is 1. The summed E-state index contributed by atoms with van der Waals surface area (Å²) in [6, 6.07) is 0. The van der Waals surface area contributed by atoms with Crippen LogP contribution in [0.2, 0.25) is 0 Å². The van der Waals surface area contributed by atoms with E-state index < -0.39 is 52.3 Å². The zero-order chi connectivity index (χ0) is 25.0. The largest absolute Gasteiger partial charge is 0.460 e. The summed E-state index contributed by atoms with van der Waals surface area (Å²) in [5, 5.41) is 0. The Kier molecular flexibility index (Phi) is 6.80. The quantitative estimate of drug-likeness (QED) is 0.320. The highest BCUT2D eigenvalue weighted by molar-refractivity contribution is 5.79. The van der Waals surface area contributed by atoms with E-state index in [9.17, 15) is 70.7 Å². The summed E-state index contributed by atoms with van der Waals surface area (Å²) in [6.07, 6.45) is -7.69. The second-order valence-electron chi connectivity index (χ2n) is 6.44. The summed E-state index contributed by atoms with van der Waals surface area (Å²) in [7, 11) is 2.81. The maximum absolute atomic E-state index is 13.4. The Hall–Kier alpha value is -1.66. The van der Waals surface area contributed by atoms with Gasteiger partial charge in [-0.25, -0.2) is 9.39 Å². The first-order chi connectivity index (χ1) is 12.6. The molecule has 0 saturated heterocycles. The molecule has 0 aromatic heterocycles. The van der Waals surface area contributed by atoms with E-state index in [1.54, 1.807) is 0 Å². The topological polar surface area (TPSA) is 38.3 Å². The van der Waals surface area contributed by atoms with Gasteiger partial charge >= 0.3 is 47.7 Å². The summed E-state index contributed by atoms with van der Waals surface area (Å²) in [5.41, 5.74) is 1.19. The van der Waals surface area contributed by atoms with E-state index in [4.69, 9.17) is 0 Å². The van der Waals surface area contributed by atoms with E-state index in [-0.39, 0.29) is 0 Å². The Morgan fingerprint density at radius 1 is 0.600 bits per heavy atom. The van der Waals surface area contributed by atoms with Crippen molar-refractivity contribution in [2.45, 2.75) is 41.7 Å². The van der Waals surface area contributed by atoms with Crippen molar-refractivity contribution in [2.75, 3.05) is 21.1 Å². The van der Waals surface area contributed by atoms with Gasteiger partial charge in [-0.15, -0.1) is 0 Å². The molecule has 0 heterocycles. The Balaban J connectivity index is 6.39. The minimum absolute atomic E-state index is 0.907. The van der Waals surface area contributed by atoms with Crippen molar-refractivity contribution in [3.63, 3.8) is 0 Å². The predicted molar refractivity (Wildman–Crippen MR) is 63.0 cm³/mol. The molecule has 19 heteroatoms. The summed E-state index contributed by atoms with van der Waals surface area (Å²) in [6.45, 7) is 0. The third kappa shape index (κ3) is 4.09. The van der Waals surface area contributed by atoms with Crippen molar-refractivity contribution in [3.05, 3.63) is 0 Å². The Labute approximate surface area is 156 Å². The number of carbonyl (C=O) groups excluding carboxylic acids is 1. The smallest absolute Gasteiger partial charge is 0.318 e. The number of nitrogens with zero attached hydrogens (tertiary/aromatic N) is 1. The molecular formula is C11H10F15N2O2+. The van der Waals surface area contributed by atoms with Crippen LogP contribution in [0, 0.1) is 0 Å². The molecule has 0 radical (unpaired) electrons. The van der Waals surface area contributed by atoms with E-state index in [1.807, 2.05) is 0 Å². The van der Waals surface area contributed by atoms with Crippen LogP contribution in [-0.4, -0.2) is 73.4 Å². The lowest BCUT2D eigenvalue weighted by molar-refractivity contribution is -0.940. The number of hydrogen-bond acceptors (Lipinski definition) is 3. The van der Waals surface area contributed by atoms with Crippen molar-refractivity contribution < 1.29 is 80.1 Å². The summed E-state index contributed by atoms with van der Waals surface area (Å²) in [5.74, 6) is -52.1. The molecule has 0 aromatic rings. The SMILES string of the molecule is C[N+](C)(C)NOC(=O)C(F)(F)C(F)(F)C(F)(F)C(F)(F)C(F)(F)C(F)(F)C(F)(F)F. The average molecular weight is 487 g/mol. The van der Waals surface area contributed by atoms with Crippen molar-refractivity contribution in [3.8, 4) is 0 Å². The summed E-state index contributed by atoms with van der Waals surface area (Å²) < 4.78 is 193. The molecule has 0 amide bonds. The zero-order valence-corrected chi connectivity index (χ0v) is 14.4. The molecule has 0 bridgehead atoms.